The van der Waals surface area contributed by atoms with E-state index in [9.17, 15) is 0 Å². The fourth-order valence-corrected chi connectivity index (χ4v) is 2.40. The van der Waals surface area contributed by atoms with Crippen molar-refractivity contribution in [1.82, 2.24) is 0 Å². The Hall–Kier alpha value is -1.80. The summed E-state index contributed by atoms with van der Waals surface area (Å²) in [5.41, 5.74) is 7.74. The number of rotatable bonds is 2. The van der Waals surface area contributed by atoms with Crippen LogP contribution < -0.4 is 5.43 Å². The first kappa shape index (κ1) is 11.3. The molecule has 2 nitrogen and oxygen atoms in total. The van der Waals surface area contributed by atoms with E-state index in [1.165, 1.54) is 11.1 Å². The molecule has 90 valence electrons. The largest absolute Gasteiger partial charge is 0.278 e. The molecule has 0 saturated carbocycles. The molecule has 0 amide bonds. The number of nitrogens with zero attached hydrogens (tertiary/aromatic N) is 1. The van der Waals surface area contributed by atoms with Crippen LogP contribution in [-0.4, -0.2) is 5.71 Å². The molecule has 0 atom stereocenters. The fourth-order valence-electron chi connectivity index (χ4n) is 2.21. The SMILES string of the molecule is Clc1cccc(N/N=C2/CCc3ccccc32)c1. The molecule has 1 N–H and O–H groups in total. The first-order valence-corrected chi connectivity index (χ1v) is 6.37. The molecule has 2 aromatic carbocycles. The van der Waals surface area contributed by atoms with Crippen molar-refractivity contribution in [3.8, 4) is 0 Å². The molecule has 0 heterocycles. The quantitative estimate of drug-likeness (QED) is 0.804. The molecule has 0 spiro atoms. The number of fused-ring (bicyclic) bond motifs is 1. The Morgan fingerprint density at radius 3 is 2.78 bits per heavy atom. The van der Waals surface area contributed by atoms with E-state index in [1.807, 2.05) is 24.3 Å². The third-order valence-electron chi connectivity index (χ3n) is 3.10. The fraction of sp³-hybridized carbons (Fsp3) is 0.133. The maximum Gasteiger partial charge on any atom is 0.0685 e. The van der Waals surface area contributed by atoms with Gasteiger partial charge in [-0.05, 0) is 36.6 Å². The minimum atomic E-state index is 0.715. The van der Waals surface area contributed by atoms with Crippen LogP contribution in [0.1, 0.15) is 17.5 Å². The van der Waals surface area contributed by atoms with Crippen molar-refractivity contribution in [1.29, 1.82) is 0 Å². The van der Waals surface area contributed by atoms with E-state index in [-0.39, 0.29) is 0 Å². The maximum atomic E-state index is 5.93. The monoisotopic (exact) mass is 256 g/mol. The molecule has 0 aromatic heterocycles. The van der Waals surface area contributed by atoms with Crippen LogP contribution in [0.5, 0.6) is 0 Å². The summed E-state index contributed by atoms with van der Waals surface area (Å²) in [7, 11) is 0. The van der Waals surface area contributed by atoms with Crippen LogP contribution in [0.15, 0.2) is 53.6 Å². The molecule has 0 unspecified atom stereocenters. The van der Waals surface area contributed by atoms with Gasteiger partial charge in [-0.25, -0.2) is 0 Å². The molecule has 2 aromatic rings. The second-order valence-electron chi connectivity index (χ2n) is 4.34. The van der Waals surface area contributed by atoms with E-state index < -0.39 is 0 Å². The third-order valence-corrected chi connectivity index (χ3v) is 3.34. The van der Waals surface area contributed by atoms with Gasteiger partial charge < -0.3 is 0 Å². The van der Waals surface area contributed by atoms with Crippen molar-refractivity contribution < 1.29 is 0 Å². The molecule has 0 fully saturated rings. The van der Waals surface area contributed by atoms with Crippen LogP contribution in [0.25, 0.3) is 0 Å². The summed E-state index contributed by atoms with van der Waals surface area (Å²) < 4.78 is 0. The molecule has 3 rings (SSSR count). The Kier molecular flexibility index (Phi) is 3.03. The highest BCUT2D eigenvalue weighted by atomic mass is 35.5. The lowest BCUT2D eigenvalue weighted by molar-refractivity contribution is 1.09. The molecule has 3 heteroatoms. The number of anilines is 1. The minimum absolute atomic E-state index is 0.715. The second kappa shape index (κ2) is 4.83. The van der Waals surface area contributed by atoms with Gasteiger partial charge in [0.2, 0.25) is 0 Å². The van der Waals surface area contributed by atoms with Crippen molar-refractivity contribution >= 4 is 23.0 Å². The van der Waals surface area contributed by atoms with Gasteiger partial charge in [-0.15, -0.1) is 0 Å². The van der Waals surface area contributed by atoms with Gasteiger partial charge in [-0.3, -0.25) is 5.43 Å². The molecule has 0 saturated heterocycles. The van der Waals surface area contributed by atoms with E-state index in [2.05, 4.69) is 34.8 Å². The molecular weight excluding hydrogens is 244 g/mol. The number of benzene rings is 2. The topological polar surface area (TPSA) is 24.4 Å². The maximum absolute atomic E-state index is 5.93. The van der Waals surface area contributed by atoms with Crippen molar-refractivity contribution in [3.63, 3.8) is 0 Å². The highest BCUT2D eigenvalue weighted by Gasteiger charge is 2.16. The van der Waals surface area contributed by atoms with Crippen molar-refractivity contribution in [2.45, 2.75) is 12.8 Å². The Bertz CT molecular complexity index is 605. The average molecular weight is 257 g/mol. The number of hydrogen-bond acceptors (Lipinski definition) is 2. The Balaban J connectivity index is 1.83. The van der Waals surface area contributed by atoms with Gasteiger partial charge in [0, 0.05) is 10.6 Å². The summed E-state index contributed by atoms with van der Waals surface area (Å²) in [6, 6.07) is 16.0. The lowest BCUT2D eigenvalue weighted by Gasteiger charge is -2.03. The summed E-state index contributed by atoms with van der Waals surface area (Å²) in [5.74, 6) is 0. The number of aryl methyl sites for hydroxylation is 1. The number of hydrogen-bond donors (Lipinski definition) is 1. The predicted molar refractivity (Wildman–Crippen MR) is 76.4 cm³/mol. The van der Waals surface area contributed by atoms with Crippen molar-refractivity contribution in [3.05, 3.63) is 64.7 Å². The summed E-state index contributed by atoms with van der Waals surface area (Å²) in [5, 5.41) is 5.20. The second-order valence-corrected chi connectivity index (χ2v) is 4.77. The van der Waals surface area contributed by atoms with Gasteiger partial charge in [0.25, 0.3) is 0 Å². The Labute approximate surface area is 111 Å². The van der Waals surface area contributed by atoms with Crippen molar-refractivity contribution in [2.24, 2.45) is 5.10 Å². The van der Waals surface area contributed by atoms with Crippen LogP contribution in [0.2, 0.25) is 5.02 Å². The van der Waals surface area contributed by atoms with Crippen LogP contribution in [0.4, 0.5) is 5.69 Å². The zero-order valence-corrected chi connectivity index (χ0v) is 10.6. The van der Waals surface area contributed by atoms with Gasteiger partial charge >= 0.3 is 0 Å². The highest BCUT2D eigenvalue weighted by molar-refractivity contribution is 6.30. The smallest absolute Gasteiger partial charge is 0.0685 e. The molecule has 0 bridgehead atoms. The van der Waals surface area contributed by atoms with Gasteiger partial charge in [0.1, 0.15) is 0 Å². The van der Waals surface area contributed by atoms with Gasteiger partial charge in [0.05, 0.1) is 11.4 Å². The van der Waals surface area contributed by atoms with E-state index >= 15 is 0 Å². The standard InChI is InChI=1S/C15H13ClN2/c16-12-5-3-6-13(10-12)17-18-15-9-8-11-4-1-2-7-14(11)15/h1-7,10,17H,8-9H2/b18-15-. The average Bonchev–Trinajstić information content (AvgIpc) is 2.80. The van der Waals surface area contributed by atoms with Crippen LogP contribution >= 0.6 is 11.6 Å². The molecule has 0 radical (unpaired) electrons. The van der Waals surface area contributed by atoms with Gasteiger partial charge in [-0.1, -0.05) is 41.9 Å². The predicted octanol–water partition coefficient (Wildman–Crippen LogP) is 4.10. The summed E-state index contributed by atoms with van der Waals surface area (Å²) in [6.07, 6.45) is 2.07. The van der Waals surface area contributed by atoms with Gasteiger partial charge in [-0.2, -0.15) is 5.10 Å². The van der Waals surface area contributed by atoms with Crippen LogP contribution in [-0.2, 0) is 6.42 Å². The van der Waals surface area contributed by atoms with Crippen LogP contribution in [0, 0.1) is 0 Å². The third kappa shape index (κ3) is 2.24. The Morgan fingerprint density at radius 1 is 1.00 bits per heavy atom. The lowest BCUT2D eigenvalue weighted by Crippen LogP contribution is -1.99. The summed E-state index contributed by atoms with van der Waals surface area (Å²) in [6.45, 7) is 0. The molecule has 1 aliphatic carbocycles. The zero-order chi connectivity index (χ0) is 12.4. The first-order valence-electron chi connectivity index (χ1n) is 5.99. The van der Waals surface area contributed by atoms with E-state index in [0.717, 1.165) is 24.2 Å². The van der Waals surface area contributed by atoms with E-state index in [4.69, 9.17) is 11.6 Å². The Morgan fingerprint density at radius 2 is 1.89 bits per heavy atom. The molecule has 1 aliphatic rings. The van der Waals surface area contributed by atoms with E-state index in [1.54, 1.807) is 0 Å². The number of halogens is 1. The van der Waals surface area contributed by atoms with Crippen LogP contribution in [0.3, 0.4) is 0 Å². The first-order chi connectivity index (χ1) is 8.83. The number of nitrogens with one attached hydrogen (secondary N) is 1. The van der Waals surface area contributed by atoms with Crippen molar-refractivity contribution in [2.75, 3.05) is 5.43 Å². The highest BCUT2D eigenvalue weighted by Crippen LogP contribution is 2.22. The molecule has 18 heavy (non-hydrogen) atoms. The summed E-state index contributed by atoms with van der Waals surface area (Å²) in [4.78, 5) is 0. The number of hydrazone groups is 1. The summed E-state index contributed by atoms with van der Waals surface area (Å²) >= 11 is 5.93. The van der Waals surface area contributed by atoms with E-state index in [0.29, 0.717) is 5.02 Å². The normalized spacial score (nSPS) is 15.7. The molecule has 0 aliphatic heterocycles. The minimum Gasteiger partial charge on any atom is -0.278 e. The lowest BCUT2D eigenvalue weighted by atomic mass is 10.1. The van der Waals surface area contributed by atoms with Gasteiger partial charge in [0.15, 0.2) is 0 Å². The zero-order valence-electron chi connectivity index (χ0n) is 9.86. The molecular formula is C15H13ClN2.